The molecule has 16 heavy (non-hydrogen) atoms. The number of nitrogens with one attached hydrogen (secondary N) is 1. The second kappa shape index (κ2) is 5.46. The number of anilines is 1. The van der Waals surface area contributed by atoms with Gasteiger partial charge in [0.2, 0.25) is 5.91 Å². The molecular weight excluding hydrogens is 268 g/mol. The summed E-state index contributed by atoms with van der Waals surface area (Å²) in [7, 11) is 0. The molecule has 3 nitrogen and oxygen atoms in total. The number of carbonyl (C=O) groups excluding carboxylic acids is 1. The van der Waals surface area contributed by atoms with Gasteiger partial charge >= 0.3 is 0 Å². The van der Waals surface area contributed by atoms with Crippen molar-refractivity contribution in [3.05, 3.63) is 28.7 Å². The van der Waals surface area contributed by atoms with Gasteiger partial charge in [-0.1, -0.05) is 22.0 Å². The van der Waals surface area contributed by atoms with E-state index in [2.05, 4.69) is 21.2 Å². The highest BCUT2D eigenvalue weighted by Crippen LogP contribution is 2.21. The van der Waals surface area contributed by atoms with Gasteiger partial charge < -0.3 is 10.2 Å². The van der Waals surface area contributed by atoms with E-state index in [9.17, 15) is 4.79 Å². The topological polar surface area (TPSA) is 32.3 Å². The molecule has 1 fully saturated rings. The van der Waals surface area contributed by atoms with Gasteiger partial charge in [-0.05, 0) is 31.2 Å². The van der Waals surface area contributed by atoms with E-state index in [0.29, 0.717) is 6.42 Å². The fourth-order valence-corrected chi connectivity index (χ4v) is 2.25. The lowest BCUT2D eigenvalue weighted by molar-refractivity contribution is -0.118. The second-order valence-corrected chi connectivity index (χ2v) is 4.79. The molecule has 2 rings (SSSR count). The zero-order valence-corrected chi connectivity index (χ0v) is 10.7. The Bertz CT molecular complexity index is 381. The van der Waals surface area contributed by atoms with Crippen LogP contribution in [0.4, 0.5) is 5.69 Å². The summed E-state index contributed by atoms with van der Waals surface area (Å²) in [5.41, 5.74) is 0.987. The summed E-state index contributed by atoms with van der Waals surface area (Å²) in [4.78, 5) is 13.8. The maximum absolute atomic E-state index is 11.9. The Labute approximate surface area is 104 Å². The summed E-state index contributed by atoms with van der Waals surface area (Å²) in [5.74, 6) is 0.199. The van der Waals surface area contributed by atoms with Crippen molar-refractivity contribution in [2.45, 2.75) is 12.8 Å². The average Bonchev–Trinajstić information content (AvgIpc) is 2.24. The van der Waals surface area contributed by atoms with Crippen molar-refractivity contribution >= 4 is 27.5 Å². The molecule has 0 aliphatic carbocycles. The Morgan fingerprint density at radius 2 is 2.19 bits per heavy atom. The van der Waals surface area contributed by atoms with Crippen LogP contribution in [0.1, 0.15) is 12.8 Å². The standard InChI is InChI=1S/C12H15BrN2O/c13-10-3-1-4-11(9-10)15-8-2-6-14-7-5-12(15)16/h1,3-4,9,14H,2,5-8H2. The minimum Gasteiger partial charge on any atom is -0.316 e. The molecule has 4 heteroatoms. The number of nitrogens with zero attached hydrogens (tertiary/aromatic N) is 1. The maximum atomic E-state index is 11.9. The van der Waals surface area contributed by atoms with Crippen LogP contribution in [-0.2, 0) is 4.79 Å². The first kappa shape index (κ1) is 11.6. The van der Waals surface area contributed by atoms with Crippen LogP contribution in [0.3, 0.4) is 0 Å². The van der Waals surface area contributed by atoms with Crippen LogP contribution in [0.25, 0.3) is 0 Å². The van der Waals surface area contributed by atoms with Gasteiger partial charge in [0, 0.05) is 29.7 Å². The first-order valence-corrected chi connectivity index (χ1v) is 6.33. The second-order valence-electron chi connectivity index (χ2n) is 3.88. The largest absolute Gasteiger partial charge is 0.316 e. The van der Waals surface area contributed by atoms with E-state index in [1.54, 1.807) is 0 Å². The Kier molecular flexibility index (Phi) is 3.96. The summed E-state index contributed by atoms with van der Waals surface area (Å²) in [6.45, 7) is 2.56. The first-order chi connectivity index (χ1) is 7.77. The highest BCUT2D eigenvalue weighted by atomic mass is 79.9. The summed E-state index contributed by atoms with van der Waals surface area (Å²) >= 11 is 3.43. The fourth-order valence-electron chi connectivity index (χ4n) is 1.86. The molecule has 1 saturated heterocycles. The van der Waals surface area contributed by atoms with Gasteiger partial charge in [0.1, 0.15) is 0 Å². The molecule has 1 aromatic carbocycles. The fraction of sp³-hybridized carbons (Fsp3) is 0.417. The van der Waals surface area contributed by atoms with Crippen molar-refractivity contribution in [2.75, 3.05) is 24.5 Å². The third-order valence-corrected chi connectivity index (χ3v) is 3.17. The third-order valence-electron chi connectivity index (χ3n) is 2.67. The van der Waals surface area contributed by atoms with Crippen LogP contribution in [0, 0.1) is 0 Å². The third kappa shape index (κ3) is 2.83. The van der Waals surface area contributed by atoms with Crippen molar-refractivity contribution in [2.24, 2.45) is 0 Å². The lowest BCUT2D eigenvalue weighted by atomic mass is 10.2. The van der Waals surface area contributed by atoms with Crippen LogP contribution < -0.4 is 10.2 Å². The molecule has 0 bridgehead atoms. The maximum Gasteiger partial charge on any atom is 0.228 e. The van der Waals surface area contributed by atoms with Crippen LogP contribution in [0.5, 0.6) is 0 Å². The predicted octanol–water partition coefficient (Wildman–Crippen LogP) is 2.17. The molecule has 1 heterocycles. The Morgan fingerprint density at radius 1 is 1.31 bits per heavy atom. The van der Waals surface area contributed by atoms with Crippen molar-refractivity contribution in [1.82, 2.24) is 5.32 Å². The molecule has 1 aliphatic rings. The lowest BCUT2D eigenvalue weighted by Crippen LogP contribution is -2.38. The number of halogens is 1. The number of carbonyl (C=O) groups is 1. The summed E-state index contributed by atoms with van der Waals surface area (Å²) in [6, 6.07) is 7.91. The highest BCUT2D eigenvalue weighted by molar-refractivity contribution is 9.10. The minimum atomic E-state index is 0.199. The smallest absolute Gasteiger partial charge is 0.228 e. The summed E-state index contributed by atoms with van der Waals surface area (Å²) in [6.07, 6.45) is 1.57. The van der Waals surface area contributed by atoms with Crippen LogP contribution in [0.2, 0.25) is 0 Å². The Morgan fingerprint density at radius 3 is 3.00 bits per heavy atom. The normalized spacial score (nSPS) is 18.1. The van der Waals surface area contributed by atoms with Gasteiger partial charge in [0.25, 0.3) is 0 Å². The molecule has 0 spiro atoms. The summed E-state index contributed by atoms with van der Waals surface area (Å²) in [5, 5.41) is 3.24. The van der Waals surface area contributed by atoms with Crippen LogP contribution in [0.15, 0.2) is 28.7 Å². The van der Waals surface area contributed by atoms with Gasteiger partial charge in [0.15, 0.2) is 0 Å². The van der Waals surface area contributed by atoms with E-state index in [1.807, 2.05) is 29.2 Å². The molecular formula is C12H15BrN2O. The quantitative estimate of drug-likeness (QED) is 0.856. The van der Waals surface area contributed by atoms with E-state index < -0.39 is 0 Å². The van der Waals surface area contributed by atoms with E-state index in [1.165, 1.54) is 0 Å². The van der Waals surface area contributed by atoms with Crippen LogP contribution >= 0.6 is 15.9 Å². The Balaban J connectivity index is 2.19. The molecule has 1 amide bonds. The molecule has 86 valence electrons. The predicted molar refractivity (Wildman–Crippen MR) is 68.6 cm³/mol. The zero-order chi connectivity index (χ0) is 11.4. The van der Waals surface area contributed by atoms with Crippen molar-refractivity contribution < 1.29 is 4.79 Å². The SMILES string of the molecule is O=C1CCNCCCN1c1cccc(Br)c1. The van der Waals surface area contributed by atoms with Gasteiger partial charge in [-0.3, -0.25) is 4.79 Å². The highest BCUT2D eigenvalue weighted by Gasteiger charge is 2.16. The molecule has 1 aromatic rings. The molecule has 0 saturated carbocycles. The number of benzene rings is 1. The van der Waals surface area contributed by atoms with E-state index in [0.717, 1.165) is 36.2 Å². The van der Waals surface area contributed by atoms with E-state index in [-0.39, 0.29) is 5.91 Å². The lowest BCUT2D eigenvalue weighted by Gasteiger charge is -2.25. The van der Waals surface area contributed by atoms with Gasteiger partial charge in [0.05, 0.1) is 0 Å². The molecule has 1 aliphatic heterocycles. The minimum absolute atomic E-state index is 0.199. The number of rotatable bonds is 1. The zero-order valence-electron chi connectivity index (χ0n) is 9.08. The molecule has 0 atom stereocenters. The van der Waals surface area contributed by atoms with Crippen molar-refractivity contribution in [1.29, 1.82) is 0 Å². The molecule has 1 N–H and O–H groups in total. The number of hydrogen-bond donors (Lipinski definition) is 1. The van der Waals surface area contributed by atoms with Gasteiger partial charge in [-0.2, -0.15) is 0 Å². The van der Waals surface area contributed by atoms with Gasteiger partial charge in [-0.25, -0.2) is 0 Å². The molecule has 0 unspecified atom stereocenters. The molecule has 0 aromatic heterocycles. The van der Waals surface area contributed by atoms with Gasteiger partial charge in [-0.15, -0.1) is 0 Å². The average molecular weight is 283 g/mol. The number of amides is 1. The monoisotopic (exact) mass is 282 g/mol. The first-order valence-electron chi connectivity index (χ1n) is 5.54. The number of hydrogen-bond acceptors (Lipinski definition) is 2. The summed E-state index contributed by atoms with van der Waals surface area (Å²) < 4.78 is 1.01. The van der Waals surface area contributed by atoms with Crippen LogP contribution in [-0.4, -0.2) is 25.5 Å². The Hall–Kier alpha value is -0.870. The van der Waals surface area contributed by atoms with Crippen molar-refractivity contribution in [3.8, 4) is 0 Å². The molecule has 0 radical (unpaired) electrons. The van der Waals surface area contributed by atoms with E-state index >= 15 is 0 Å². The van der Waals surface area contributed by atoms with E-state index in [4.69, 9.17) is 0 Å². The van der Waals surface area contributed by atoms with Crippen molar-refractivity contribution in [3.63, 3.8) is 0 Å².